The maximum atomic E-state index is 5.79. The van der Waals surface area contributed by atoms with Gasteiger partial charge in [-0.25, -0.2) is 0 Å². The van der Waals surface area contributed by atoms with Crippen molar-refractivity contribution < 1.29 is 4.74 Å². The maximum absolute atomic E-state index is 5.79. The summed E-state index contributed by atoms with van der Waals surface area (Å²) in [4.78, 5) is 0. The first-order chi connectivity index (χ1) is 6.83. The number of nitrogens with one attached hydrogen (secondary N) is 2. The third-order valence-electron chi connectivity index (χ3n) is 2.30. The average Bonchev–Trinajstić information content (AvgIpc) is 2.02. The third kappa shape index (κ3) is 7.77. The van der Waals surface area contributed by atoms with Crippen LogP contribution in [-0.2, 0) is 4.74 Å². The van der Waals surface area contributed by atoms with Crippen LogP contribution in [0.5, 0.6) is 0 Å². The van der Waals surface area contributed by atoms with E-state index >= 15 is 0 Å². The summed E-state index contributed by atoms with van der Waals surface area (Å²) >= 11 is 0. The van der Waals surface area contributed by atoms with E-state index in [0.717, 1.165) is 26.3 Å². The number of hydrogen-bond donors (Lipinski definition) is 2. The van der Waals surface area contributed by atoms with Gasteiger partial charge in [0.25, 0.3) is 0 Å². The average molecular weight is 216 g/mol. The monoisotopic (exact) mass is 216 g/mol. The lowest BCUT2D eigenvalue weighted by Gasteiger charge is -2.28. The fourth-order valence-corrected chi connectivity index (χ4v) is 1.66. The first-order valence-electron chi connectivity index (χ1n) is 5.70. The summed E-state index contributed by atoms with van der Waals surface area (Å²) in [7, 11) is 3.96. The molecule has 0 heterocycles. The summed E-state index contributed by atoms with van der Waals surface area (Å²) in [5, 5.41) is 6.38. The highest BCUT2D eigenvalue weighted by Gasteiger charge is 2.21. The molecule has 0 aliphatic rings. The summed E-state index contributed by atoms with van der Waals surface area (Å²) < 4.78 is 5.79. The van der Waals surface area contributed by atoms with Crippen molar-refractivity contribution in [1.29, 1.82) is 0 Å². The first kappa shape index (κ1) is 14.9. The largest absolute Gasteiger partial charge is 0.380 e. The summed E-state index contributed by atoms with van der Waals surface area (Å²) in [5.41, 5.74) is 0.426. The molecule has 0 saturated heterocycles. The molecule has 0 aromatic rings. The molecule has 0 aliphatic heterocycles. The van der Waals surface area contributed by atoms with E-state index in [-0.39, 0.29) is 10.8 Å². The Hall–Kier alpha value is -0.120. The predicted octanol–water partition coefficient (Wildman–Crippen LogP) is 1.49. The summed E-state index contributed by atoms with van der Waals surface area (Å²) in [6.07, 6.45) is 0. The zero-order valence-electron chi connectivity index (χ0n) is 11.2. The van der Waals surface area contributed by atoms with E-state index in [1.165, 1.54) is 0 Å². The van der Waals surface area contributed by atoms with E-state index in [4.69, 9.17) is 4.74 Å². The summed E-state index contributed by atoms with van der Waals surface area (Å²) in [5.74, 6) is 0. The zero-order chi connectivity index (χ0) is 11.9. The van der Waals surface area contributed by atoms with Crippen molar-refractivity contribution in [3.63, 3.8) is 0 Å². The van der Waals surface area contributed by atoms with Crippen molar-refractivity contribution in [3.8, 4) is 0 Å². The Balaban J connectivity index is 3.77. The lowest BCUT2D eigenvalue weighted by molar-refractivity contribution is 0.0168. The quantitative estimate of drug-likeness (QED) is 0.645. The van der Waals surface area contributed by atoms with Gasteiger partial charge in [-0.2, -0.15) is 0 Å². The van der Waals surface area contributed by atoms with Crippen LogP contribution in [0.4, 0.5) is 0 Å². The molecule has 0 bridgehead atoms. The lowest BCUT2D eigenvalue weighted by atomic mass is 9.93. The molecular formula is C12H28N2O. The van der Waals surface area contributed by atoms with Crippen LogP contribution in [0.1, 0.15) is 27.7 Å². The molecule has 0 unspecified atom stereocenters. The predicted molar refractivity (Wildman–Crippen MR) is 66.2 cm³/mol. The molecule has 3 nitrogen and oxygen atoms in total. The van der Waals surface area contributed by atoms with Gasteiger partial charge in [0.2, 0.25) is 0 Å². The minimum Gasteiger partial charge on any atom is -0.380 e. The molecule has 0 aliphatic carbocycles. The van der Waals surface area contributed by atoms with Crippen LogP contribution >= 0.6 is 0 Å². The second-order valence-corrected chi connectivity index (χ2v) is 5.88. The van der Waals surface area contributed by atoms with Gasteiger partial charge in [-0.05, 0) is 14.1 Å². The van der Waals surface area contributed by atoms with Gasteiger partial charge in [0.1, 0.15) is 0 Å². The molecule has 92 valence electrons. The van der Waals surface area contributed by atoms with Crippen molar-refractivity contribution in [3.05, 3.63) is 0 Å². The van der Waals surface area contributed by atoms with Gasteiger partial charge >= 0.3 is 0 Å². The Morgan fingerprint density at radius 2 is 1.13 bits per heavy atom. The molecule has 0 atom stereocenters. The molecule has 0 amide bonds. The van der Waals surface area contributed by atoms with Crippen LogP contribution in [0.2, 0.25) is 0 Å². The minimum absolute atomic E-state index is 0.213. The molecule has 0 aromatic heterocycles. The number of hydrogen-bond acceptors (Lipinski definition) is 3. The van der Waals surface area contributed by atoms with Crippen molar-refractivity contribution in [1.82, 2.24) is 10.6 Å². The third-order valence-corrected chi connectivity index (χ3v) is 2.30. The molecule has 15 heavy (non-hydrogen) atoms. The van der Waals surface area contributed by atoms with Gasteiger partial charge in [0.15, 0.2) is 0 Å². The van der Waals surface area contributed by atoms with Crippen molar-refractivity contribution in [2.75, 3.05) is 40.4 Å². The Labute approximate surface area is 95.0 Å². The standard InChI is InChI=1S/C12H28N2O/c1-11(2,7-13-5)9-15-10-12(3,4)8-14-6/h13-14H,7-10H2,1-6H3. The highest BCUT2D eigenvalue weighted by molar-refractivity contribution is 4.73. The van der Waals surface area contributed by atoms with Crippen molar-refractivity contribution in [2.45, 2.75) is 27.7 Å². The molecule has 0 saturated carbocycles. The highest BCUT2D eigenvalue weighted by atomic mass is 16.5. The van der Waals surface area contributed by atoms with E-state index in [1.54, 1.807) is 0 Å². The fraction of sp³-hybridized carbons (Fsp3) is 1.00. The Morgan fingerprint density at radius 3 is 1.40 bits per heavy atom. The van der Waals surface area contributed by atoms with Crippen molar-refractivity contribution in [2.24, 2.45) is 10.8 Å². The fourth-order valence-electron chi connectivity index (χ4n) is 1.66. The van der Waals surface area contributed by atoms with E-state index in [2.05, 4.69) is 38.3 Å². The molecule has 3 heteroatoms. The second-order valence-electron chi connectivity index (χ2n) is 5.88. The van der Waals surface area contributed by atoms with Crippen molar-refractivity contribution >= 4 is 0 Å². The maximum Gasteiger partial charge on any atom is 0.0529 e. The smallest absolute Gasteiger partial charge is 0.0529 e. The molecule has 0 spiro atoms. The van der Waals surface area contributed by atoms with E-state index in [9.17, 15) is 0 Å². The van der Waals surface area contributed by atoms with Gasteiger partial charge in [-0.15, -0.1) is 0 Å². The van der Waals surface area contributed by atoms with Gasteiger partial charge in [-0.3, -0.25) is 0 Å². The Bertz CT molecular complexity index is 149. The van der Waals surface area contributed by atoms with Gasteiger partial charge < -0.3 is 15.4 Å². The van der Waals surface area contributed by atoms with Crippen LogP contribution in [0, 0.1) is 10.8 Å². The SMILES string of the molecule is CNCC(C)(C)COCC(C)(C)CNC. The highest BCUT2D eigenvalue weighted by Crippen LogP contribution is 2.18. The lowest BCUT2D eigenvalue weighted by Crippen LogP contribution is -2.35. The van der Waals surface area contributed by atoms with Crippen LogP contribution in [0.15, 0.2) is 0 Å². The van der Waals surface area contributed by atoms with Gasteiger partial charge in [0.05, 0.1) is 13.2 Å². The van der Waals surface area contributed by atoms with Crippen LogP contribution in [0.3, 0.4) is 0 Å². The first-order valence-corrected chi connectivity index (χ1v) is 5.70. The molecule has 0 fully saturated rings. The topological polar surface area (TPSA) is 33.3 Å². The van der Waals surface area contributed by atoms with Crippen LogP contribution < -0.4 is 10.6 Å². The molecule has 2 N–H and O–H groups in total. The molecule has 0 radical (unpaired) electrons. The zero-order valence-corrected chi connectivity index (χ0v) is 11.2. The Kier molecular flexibility index (Phi) is 6.41. The molecular weight excluding hydrogens is 188 g/mol. The number of ether oxygens (including phenoxy) is 1. The van der Waals surface area contributed by atoms with Gasteiger partial charge in [0, 0.05) is 23.9 Å². The minimum atomic E-state index is 0.213. The van der Waals surface area contributed by atoms with Gasteiger partial charge in [-0.1, -0.05) is 27.7 Å². The van der Waals surface area contributed by atoms with E-state index < -0.39 is 0 Å². The Morgan fingerprint density at radius 1 is 0.800 bits per heavy atom. The second kappa shape index (κ2) is 6.46. The normalized spacial score (nSPS) is 13.2. The van der Waals surface area contributed by atoms with Crippen LogP contribution in [0.25, 0.3) is 0 Å². The van der Waals surface area contributed by atoms with E-state index in [1.807, 2.05) is 14.1 Å². The number of rotatable bonds is 8. The molecule has 0 aromatic carbocycles. The summed E-state index contributed by atoms with van der Waals surface area (Å²) in [6, 6.07) is 0. The van der Waals surface area contributed by atoms with E-state index in [0.29, 0.717) is 0 Å². The summed E-state index contributed by atoms with van der Waals surface area (Å²) in [6.45, 7) is 12.5. The van der Waals surface area contributed by atoms with Crippen LogP contribution in [-0.4, -0.2) is 40.4 Å². The molecule has 0 rings (SSSR count).